The minimum absolute atomic E-state index is 0.248. The van der Waals surface area contributed by atoms with E-state index in [2.05, 4.69) is 25.1 Å². The number of carbonyl (C=O) groups excluding carboxylic acids is 3. The van der Waals surface area contributed by atoms with Crippen LogP contribution >= 0.6 is 11.3 Å². The molecule has 0 aliphatic heterocycles. The van der Waals surface area contributed by atoms with Crippen molar-refractivity contribution in [2.75, 3.05) is 19.5 Å². The van der Waals surface area contributed by atoms with E-state index >= 15 is 0 Å². The van der Waals surface area contributed by atoms with Gasteiger partial charge in [0, 0.05) is 6.42 Å². The first-order chi connectivity index (χ1) is 12.4. The zero-order valence-electron chi connectivity index (χ0n) is 14.6. The van der Waals surface area contributed by atoms with E-state index in [-0.39, 0.29) is 11.6 Å². The minimum atomic E-state index is -0.865. The van der Waals surface area contributed by atoms with E-state index in [0.717, 1.165) is 16.9 Å². The van der Waals surface area contributed by atoms with Gasteiger partial charge in [-0.05, 0) is 12.5 Å². The Hall–Kier alpha value is -2.94. The van der Waals surface area contributed by atoms with Crippen LogP contribution in [0.25, 0.3) is 0 Å². The Balaban J connectivity index is 2.15. The third kappa shape index (κ3) is 5.03. The molecule has 0 saturated carbocycles. The predicted octanol–water partition coefficient (Wildman–Crippen LogP) is 2.14. The van der Waals surface area contributed by atoms with Gasteiger partial charge in [-0.15, -0.1) is 0 Å². The van der Waals surface area contributed by atoms with E-state index in [9.17, 15) is 14.4 Å². The van der Waals surface area contributed by atoms with Crippen LogP contribution in [0.15, 0.2) is 30.3 Å². The van der Waals surface area contributed by atoms with Gasteiger partial charge in [0.1, 0.15) is 10.9 Å². The quantitative estimate of drug-likeness (QED) is 0.747. The number of hydrogen-bond acceptors (Lipinski definition) is 7. The zero-order valence-corrected chi connectivity index (χ0v) is 15.4. The number of amides is 2. The second-order valence-electron chi connectivity index (χ2n) is 5.29. The van der Waals surface area contributed by atoms with E-state index in [1.54, 1.807) is 6.92 Å². The standard InChI is InChI=1S/C17H19N3O5S/c1-10-13(15(22)24-2)26-16(18-10)20-14(21)12(19-17(23)25-3)9-11-7-5-4-6-8-11/h4-8,12H,9H2,1-3H3,(H,19,23)(H,18,20,21)/t12-/m0/s1. The lowest BCUT2D eigenvalue weighted by molar-refractivity contribution is -0.118. The Kier molecular flexibility index (Phi) is 6.67. The normalized spacial score (nSPS) is 11.3. The van der Waals surface area contributed by atoms with Crippen LogP contribution < -0.4 is 10.6 Å². The van der Waals surface area contributed by atoms with E-state index in [4.69, 9.17) is 0 Å². The molecule has 1 aromatic carbocycles. The van der Waals surface area contributed by atoms with Crippen LogP contribution in [-0.2, 0) is 20.7 Å². The first-order valence-electron chi connectivity index (χ1n) is 7.69. The van der Waals surface area contributed by atoms with Gasteiger partial charge in [0.05, 0.1) is 19.9 Å². The lowest BCUT2D eigenvalue weighted by Gasteiger charge is -2.17. The van der Waals surface area contributed by atoms with Crippen LogP contribution in [0.3, 0.4) is 0 Å². The van der Waals surface area contributed by atoms with Gasteiger partial charge in [-0.1, -0.05) is 41.7 Å². The van der Waals surface area contributed by atoms with Gasteiger partial charge in [0.2, 0.25) is 5.91 Å². The average molecular weight is 377 g/mol. The molecule has 2 rings (SSSR count). The molecule has 0 saturated heterocycles. The molecule has 0 aliphatic rings. The van der Waals surface area contributed by atoms with Crippen molar-refractivity contribution in [1.82, 2.24) is 10.3 Å². The largest absolute Gasteiger partial charge is 0.465 e. The zero-order chi connectivity index (χ0) is 19.1. The number of thiazole rings is 1. The number of esters is 1. The smallest absolute Gasteiger partial charge is 0.407 e. The van der Waals surface area contributed by atoms with Crippen LogP contribution in [0.1, 0.15) is 20.9 Å². The van der Waals surface area contributed by atoms with Crippen molar-refractivity contribution in [2.24, 2.45) is 0 Å². The second-order valence-corrected chi connectivity index (χ2v) is 6.29. The number of methoxy groups -OCH3 is 2. The number of ether oxygens (including phenoxy) is 2. The summed E-state index contributed by atoms with van der Waals surface area (Å²) < 4.78 is 9.26. The summed E-state index contributed by atoms with van der Waals surface area (Å²) in [5, 5.41) is 5.37. The summed E-state index contributed by atoms with van der Waals surface area (Å²) >= 11 is 1.01. The fourth-order valence-electron chi connectivity index (χ4n) is 2.18. The topological polar surface area (TPSA) is 107 Å². The van der Waals surface area contributed by atoms with E-state index in [1.165, 1.54) is 14.2 Å². The fourth-order valence-corrected chi connectivity index (χ4v) is 3.07. The van der Waals surface area contributed by atoms with E-state index in [0.29, 0.717) is 10.6 Å². The molecular formula is C17H19N3O5S. The van der Waals surface area contributed by atoms with Gasteiger partial charge in [-0.3, -0.25) is 4.79 Å². The molecule has 138 valence electrons. The number of rotatable bonds is 6. The predicted molar refractivity (Wildman–Crippen MR) is 96.3 cm³/mol. The monoisotopic (exact) mass is 377 g/mol. The number of nitrogens with one attached hydrogen (secondary N) is 2. The number of nitrogens with zero attached hydrogens (tertiary/aromatic N) is 1. The minimum Gasteiger partial charge on any atom is -0.465 e. The fraction of sp³-hybridized carbons (Fsp3) is 0.294. The van der Waals surface area contributed by atoms with Crippen molar-refractivity contribution in [3.63, 3.8) is 0 Å². The third-order valence-electron chi connectivity index (χ3n) is 3.47. The van der Waals surface area contributed by atoms with Crippen molar-refractivity contribution in [3.8, 4) is 0 Å². The molecule has 1 heterocycles. The molecule has 0 aliphatic carbocycles. The van der Waals surface area contributed by atoms with Gasteiger partial charge in [-0.2, -0.15) is 0 Å². The number of aromatic nitrogens is 1. The number of aryl methyl sites for hydroxylation is 1. The molecule has 0 unspecified atom stereocenters. The maximum Gasteiger partial charge on any atom is 0.407 e. The average Bonchev–Trinajstić information content (AvgIpc) is 3.01. The molecule has 9 heteroatoms. The molecule has 2 aromatic rings. The highest BCUT2D eigenvalue weighted by Crippen LogP contribution is 2.23. The number of benzene rings is 1. The van der Waals surface area contributed by atoms with Crippen LogP contribution in [-0.4, -0.2) is 43.2 Å². The molecule has 2 N–H and O–H groups in total. The van der Waals surface area contributed by atoms with E-state index in [1.807, 2.05) is 30.3 Å². The number of alkyl carbamates (subject to hydrolysis) is 1. The molecule has 8 nitrogen and oxygen atoms in total. The molecule has 26 heavy (non-hydrogen) atoms. The Labute approximate surface area is 154 Å². The number of anilines is 1. The second kappa shape index (κ2) is 8.95. The first kappa shape index (κ1) is 19.4. The Morgan fingerprint density at radius 2 is 1.85 bits per heavy atom. The lowest BCUT2D eigenvalue weighted by atomic mass is 10.1. The Morgan fingerprint density at radius 1 is 1.15 bits per heavy atom. The van der Waals surface area contributed by atoms with Crippen molar-refractivity contribution in [2.45, 2.75) is 19.4 Å². The summed E-state index contributed by atoms with van der Waals surface area (Å²) in [6.07, 6.45) is -0.442. The molecule has 0 bridgehead atoms. The summed E-state index contributed by atoms with van der Waals surface area (Å²) in [6, 6.07) is 8.38. The summed E-state index contributed by atoms with van der Waals surface area (Å²) in [6.45, 7) is 1.65. The molecule has 0 radical (unpaired) electrons. The molecule has 0 spiro atoms. The first-order valence-corrected chi connectivity index (χ1v) is 8.51. The van der Waals surface area contributed by atoms with Crippen molar-refractivity contribution in [1.29, 1.82) is 0 Å². The Bertz CT molecular complexity index is 791. The summed E-state index contributed by atoms with van der Waals surface area (Å²) in [4.78, 5) is 40.3. The highest BCUT2D eigenvalue weighted by molar-refractivity contribution is 7.17. The van der Waals surface area contributed by atoms with E-state index < -0.39 is 24.0 Å². The van der Waals surface area contributed by atoms with Crippen molar-refractivity contribution in [3.05, 3.63) is 46.5 Å². The third-order valence-corrected chi connectivity index (χ3v) is 4.53. The van der Waals surface area contributed by atoms with Crippen LogP contribution in [0.2, 0.25) is 0 Å². The highest BCUT2D eigenvalue weighted by atomic mass is 32.1. The summed E-state index contributed by atoms with van der Waals surface area (Å²) in [5.74, 6) is -0.988. The molecule has 2 amide bonds. The molecule has 0 fully saturated rings. The number of hydrogen-bond donors (Lipinski definition) is 2. The Morgan fingerprint density at radius 3 is 2.46 bits per heavy atom. The lowest BCUT2D eigenvalue weighted by Crippen LogP contribution is -2.45. The molecule has 1 aromatic heterocycles. The van der Waals surface area contributed by atoms with Crippen LogP contribution in [0, 0.1) is 6.92 Å². The van der Waals surface area contributed by atoms with Crippen LogP contribution in [0.4, 0.5) is 9.93 Å². The van der Waals surface area contributed by atoms with Crippen molar-refractivity contribution >= 4 is 34.4 Å². The highest BCUT2D eigenvalue weighted by Gasteiger charge is 2.24. The maximum absolute atomic E-state index is 12.6. The van der Waals surface area contributed by atoms with Crippen molar-refractivity contribution < 1.29 is 23.9 Å². The van der Waals surface area contributed by atoms with Gasteiger partial charge in [0.25, 0.3) is 0 Å². The van der Waals surface area contributed by atoms with Crippen LogP contribution in [0.5, 0.6) is 0 Å². The summed E-state index contributed by atoms with van der Waals surface area (Å²) in [7, 11) is 2.50. The number of carbonyl (C=O) groups is 3. The van der Waals surface area contributed by atoms with Gasteiger partial charge < -0.3 is 20.1 Å². The van der Waals surface area contributed by atoms with Gasteiger partial charge in [0.15, 0.2) is 5.13 Å². The molecule has 1 atom stereocenters. The summed E-state index contributed by atoms with van der Waals surface area (Å²) in [5.41, 5.74) is 1.33. The maximum atomic E-state index is 12.6. The molecular weight excluding hydrogens is 358 g/mol. The SMILES string of the molecule is COC(=O)N[C@@H](Cc1ccccc1)C(=O)Nc1nc(C)c(C(=O)OC)s1. The van der Waals surface area contributed by atoms with Gasteiger partial charge in [-0.25, -0.2) is 14.6 Å². The van der Waals surface area contributed by atoms with Gasteiger partial charge >= 0.3 is 12.1 Å².